The zero-order valence-corrected chi connectivity index (χ0v) is 33.7. The summed E-state index contributed by atoms with van der Waals surface area (Å²) in [6.07, 6.45) is 0. The first-order valence-corrected chi connectivity index (χ1v) is 21.1. The molecule has 0 saturated carbocycles. The molecule has 1 aliphatic rings. The third kappa shape index (κ3) is 5.82. The topological polar surface area (TPSA) is 38.9 Å². The van der Waals surface area contributed by atoms with E-state index in [1.165, 1.54) is 33.4 Å². The van der Waals surface area contributed by atoms with Crippen LogP contribution < -0.4 is 0 Å². The van der Waals surface area contributed by atoms with Crippen molar-refractivity contribution in [2.75, 3.05) is 0 Å². The highest BCUT2D eigenvalue weighted by Gasteiger charge is 2.45. The highest BCUT2D eigenvalue weighted by atomic mass is 16.3. The maximum atomic E-state index is 6.13. The lowest BCUT2D eigenvalue weighted by Crippen LogP contribution is -2.28. The Balaban J connectivity index is 0.936. The third-order valence-corrected chi connectivity index (χ3v) is 12.6. The van der Waals surface area contributed by atoms with E-state index in [-0.39, 0.29) is 0 Å². The molecule has 0 fully saturated rings. The van der Waals surface area contributed by atoms with Crippen LogP contribution in [0.15, 0.2) is 235 Å². The number of para-hydroxylation sites is 1. The van der Waals surface area contributed by atoms with Crippen LogP contribution in [0.5, 0.6) is 0 Å². The predicted octanol–water partition coefficient (Wildman–Crippen LogP) is 15.1. The van der Waals surface area contributed by atoms with Crippen molar-refractivity contribution in [1.29, 1.82) is 0 Å². The average Bonchev–Trinajstić information content (AvgIpc) is 3.88. The summed E-state index contributed by atoms with van der Waals surface area (Å²) in [5.74, 6) is 0.690. The smallest absolute Gasteiger partial charge is 0.160 e. The second-order valence-corrected chi connectivity index (χ2v) is 16.1. The van der Waals surface area contributed by atoms with Crippen molar-refractivity contribution in [3.8, 4) is 67.3 Å². The fourth-order valence-electron chi connectivity index (χ4n) is 9.70. The second kappa shape index (κ2) is 14.5. The molecule has 0 N–H and O–H groups in total. The van der Waals surface area contributed by atoms with Crippen molar-refractivity contribution >= 4 is 21.9 Å². The van der Waals surface area contributed by atoms with Gasteiger partial charge < -0.3 is 4.42 Å². The molecule has 0 bridgehead atoms. The van der Waals surface area contributed by atoms with E-state index >= 15 is 0 Å². The average molecular weight is 791 g/mol. The molecule has 3 heteroatoms. The maximum Gasteiger partial charge on any atom is 0.160 e. The van der Waals surface area contributed by atoms with Gasteiger partial charge in [0.15, 0.2) is 5.82 Å². The Morgan fingerprint density at radius 2 is 0.823 bits per heavy atom. The van der Waals surface area contributed by atoms with Gasteiger partial charge in [-0.2, -0.15) is 0 Å². The summed E-state index contributed by atoms with van der Waals surface area (Å²) in [5, 5.41) is 2.23. The van der Waals surface area contributed by atoms with Crippen LogP contribution in [-0.2, 0) is 5.41 Å². The van der Waals surface area contributed by atoms with E-state index in [9.17, 15) is 0 Å². The summed E-state index contributed by atoms with van der Waals surface area (Å²) in [6, 6.07) is 82.3. The maximum absolute atomic E-state index is 6.13. The minimum Gasteiger partial charge on any atom is -0.456 e. The van der Waals surface area contributed by atoms with E-state index in [4.69, 9.17) is 14.4 Å². The van der Waals surface area contributed by atoms with Gasteiger partial charge in [0.1, 0.15) is 11.2 Å². The van der Waals surface area contributed by atoms with Crippen LogP contribution in [0.4, 0.5) is 0 Å². The van der Waals surface area contributed by atoms with E-state index in [0.29, 0.717) is 5.82 Å². The molecule has 0 amide bonds. The normalized spacial score (nSPS) is 12.6. The highest BCUT2D eigenvalue weighted by Crippen LogP contribution is 2.56. The summed E-state index contributed by atoms with van der Waals surface area (Å²) in [6.45, 7) is 0. The van der Waals surface area contributed by atoms with Crippen LogP contribution >= 0.6 is 0 Å². The molecule has 11 aromatic rings. The Morgan fingerprint density at radius 1 is 0.306 bits per heavy atom. The predicted molar refractivity (Wildman–Crippen MR) is 254 cm³/mol. The SMILES string of the molecule is c1ccc(-c2nc(-c3ccc(-c4cccc(C5(c6ccccc6)c6ccccc6-c6ccccc65)c4)cc3)cc(-c3cccc(-c4ccc5oc6ccccc6c5c4)c3)n2)cc1. The van der Waals surface area contributed by atoms with E-state index in [0.717, 1.165) is 72.3 Å². The Morgan fingerprint density at radius 3 is 1.58 bits per heavy atom. The zero-order chi connectivity index (χ0) is 41.0. The first kappa shape index (κ1) is 35.8. The second-order valence-electron chi connectivity index (χ2n) is 16.1. The van der Waals surface area contributed by atoms with E-state index < -0.39 is 5.41 Å². The van der Waals surface area contributed by atoms with Gasteiger partial charge in [-0.05, 0) is 92.0 Å². The number of nitrogens with zero attached hydrogens (tertiary/aromatic N) is 2. The van der Waals surface area contributed by atoms with Gasteiger partial charge in [0.2, 0.25) is 0 Å². The molecular formula is C59H38N2O. The molecule has 0 radical (unpaired) electrons. The minimum absolute atomic E-state index is 0.451. The molecule has 0 spiro atoms. The summed E-state index contributed by atoms with van der Waals surface area (Å²) >= 11 is 0. The Labute approximate surface area is 360 Å². The first-order valence-electron chi connectivity index (χ1n) is 21.1. The van der Waals surface area contributed by atoms with Gasteiger partial charge in [-0.1, -0.05) is 194 Å². The molecule has 9 aromatic carbocycles. The van der Waals surface area contributed by atoms with E-state index in [1.807, 2.05) is 30.3 Å². The summed E-state index contributed by atoms with van der Waals surface area (Å²) in [4.78, 5) is 10.3. The number of benzene rings is 9. The highest BCUT2D eigenvalue weighted by molar-refractivity contribution is 6.06. The fraction of sp³-hybridized carbons (Fsp3) is 0.0169. The summed E-state index contributed by atoms with van der Waals surface area (Å²) in [5.41, 5.74) is 18.3. The Kier molecular flexibility index (Phi) is 8.39. The van der Waals surface area contributed by atoms with Crippen molar-refractivity contribution < 1.29 is 4.42 Å². The van der Waals surface area contributed by atoms with Crippen LogP contribution in [0.25, 0.3) is 89.2 Å². The summed E-state index contributed by atoms with van der Waals surface area (Å²) < 4.78 is 6.13. The molecule has 2 heterocycles. The van der Waals surface area contributed by atoms with Crippen LogP contribution in [0.1, 0.15) is 22.3 Å². The summed E-state index contributed by atoms with van der Waals surface area (Å²) in [7, 11) is 0. The number of hydrogen-bond donors (Lipinski definition) is 0. The largest absolute Gasteiger partial charge is 0.456 e. The standard InChI is InChI=1S/C59H38N2O/c1-3-15-41(16-4-1)58-60-54(38-55(61-58)45-19-13-17-42(35-45)44-33-34-57-51(37-44)50-25-9-12-28-56(50)62-57)40-31-29-39(30-32-40)43-18-14-22-47(36-43)59(46-20-5-2-6-21-46)52-26-10-7-23-48(52)49-24-8-11-27-53(49)59/h1-38H. The van der Waals surface area contributed by atoms with E-state index in [2.05, 4.69) is 200 Å². The third-order valence-electron chi connectivity index (χ3n) is 12.6. The first-order chi connectivity index (χ1) is 30.7. The van der Waals surface area contributed by atoms with Gasteiger partial charge in [-0.3, -0.25) is 0 Å². The Hall–Kier alpha value is -8.14. The van der Waals surface area contributed by atoms with Gasteiger partial charge in [-0.15, -0.1) is 0 Å². The quantitative estimate of drug-likeness (QED) is 0.161. The van der Waals surface area contributed by atoms with Crippen LogP contribution in [0.2, 0.25) is 0 Å². The molecule has 2 aromatic heterocycles. The minimum atomic E-state index is -0.451. The number of rotatable bonds is 7. The molecule has 12 rings (SSSR count). The molecular weight excluding hydrogens is 753 g/mol. The fourth-order valence-corrected chi connectivity index (χ4v) is 9.70. The van der Waals surface area contributed by atoms with Gasteiger partial charge in [0.05, 0.1) is 16.8 Å². The lowest BCUT2D eigenvalue weighted by molar-refractivity contribution is 0.669. The number of aromatic nitrogens is 2. The van der Waals surface area contributed by atoms with Crippen molar-refractivity contribution in [2.24, 2.45) is 0 Å². The van der Waals surface area contributed by atoms with Crippen molar-refractivity contribution in [2.45, 2.75) is 5.41 Å². The molecule has 0 atom stereocenters. The number of hydrogen-bond acceptors (Lipinski definition) is 3. The lowest BCUT2D eigenvalue weighted by Gasteiger charge is -2.34. The van der Waals surface area contributed by atoms with Gasteiger partial charge in [0.25, 0.3) is 0 Å². The number of furan rings is 1. The number of fused-ring (bicyclic) bond motifs is 6. The zero-order valence-electron chi connectivity index (χ0n) is 33.7. The molecule has 290 valence electrons. The van der Waals surface area contributed by atoms with Gasteiger partial charge in [0, 0.05) is 27.5 Å². The van der Waals surface area contributed by atoms with Crippen LogP contribution in [-0.4, -0.2) is 9.97 Å². The van der Waals surface area contributed by atoms with Crippen molar-refractivity contribution in [3.63, 3.8) is 0 Å². The van der Waals surface area contributed by atoms with E-state index in [1.54, 1.807) is 0 Å². The lowest BCUT2D eigenvalue weighted by atomic mass is 9.67. The van der Waals surface area contributed by atoms with Crippen molar-refractivity contribution in [3.05, 3.63) is 253 Å². The van der Waals surface area contributed by atoms with Crippen molar-refractivity contribution in [1.82, 2.24) is 9.97 Å². The molecule has 62 heavy (non-hydrogen) atoms. The molecule has 0 saturated heterocycles. The molecule has 1 aliphatic carbocycles. The Bertz CT molecular complexity index is 3410. The van der Waals surface area contributed by atoms with Gasteiger partial charge >= 0.3 is 0 Å². The molecule has 0 unspecified atom stereocenters. The monoisotopic (exact) mass is 790 g/mol. The molecule has 0 aliphatic heterocycles. The van der Waals surface area contributed by atoms with Gasteiger partial charge in [-0.25, -0.2) is 9.97 Å². The van der Waals surface area contributed by atoms with Crippen LogP contribution in [0, 0.1) is 0 Å². The molecule has 3 nitrogen and oxygen atoms in total. The van der Waals surface area contributed by atoms with Crippen LogP contribution in [0.3, 0.4) is 0 Å².